The summed E-state index contributed by atoms with van der Waals surface area (Å²) in [5, 5.41) is 8.97. The molecule has 70 valence electrons. The van der Waals surface area contributed by atoms with Gasteiger partial charge in [0.25, 0.3) is 0 Å². The van der Waals surface area contributed by atoms with Crippen molar-refractivity contribution < 1.29 is 13.5 Å². The van der Waals surface area contributed by atoms with Gasteiger partial charge in [-0.3, -0.25) is 0 Å². The van der Waals surface area contributed by atoms with E-state index in [-0.39, 0.29) is 11.3 Å². The molecule has 2 saturated carbocycles. The Morgan fingerprint density at radius 1 is 1.17 bits per heavy atom. The van der Waals surface area contributed by atoms with E-state index >= 15 is 0 Å². The van der Waals surface area contributed by atoms with Crippen LogP contribution in [0.25, 0.3) is 0 Å². The van der Waals surface area contributed by atoms with Gasteiger partial charge in [-0.1, -0.05) is 0 Å². The summed E-state index contributed by atoms with van der Waals surface area (Å²) in [4.78, 5) is 0. The van der Waals surface area contributed by atoms with Gasteiger partial charge >= 0.3 is 0 Å². The fraction of sp³-hybridized carbons (Fsp3) is 1.00. The lowest BCUT2D eigenvalue weighted by Gasteiger charge is -2.32. The SMILES string of the molecule is O=S(=O)(NC1CCC1O)C1CC1. The number of sulfonamides is 1. The Morgan fingerprint density at radius 3 is 2.17 bits per heavy atom. The maximum Gasteiger partial charge on any atom is 0.214 e. The van der Waals surface area contributed by atoms with E-state index < -0.39 is 16.1 Å². The maximum atomic E-state index is 11.3. The first kappa shape index (κ1) is 8.47. The van der Waals surface area contributed by atoms with Crippen LogP contribution in [0.4, 0.5) is 0 Å². The average Bonchev–Trinajstić information content (AvgIpc) is 2.79. The van der Waals surface area contributed by atoms with Gasteiger partial charge < -0.3 is 5.11 Å². The summed E-state index contributed by atoms with van der Waals surface area (Å²) in [7, 11) is -3.09. The lowest BCUT2D eigenvalue weighted by Crippen LogP contribution is -2.50. The minimum Gasteiger partial charge on any atom is -0.391 e. The van der Waals surface area contributed by atoms with Crippen molar-refractivity contribution in [3.05, 3.63) is 0 Å². The Labute approximate surface area is 72.0 Å². The molecule has 0 aromatic heterocycles. The van der Waals surface area contributed by atoms with Crippen molar-refractivity contribution in [2.24, 2.45) is 0 Å². The van der Waals surface area contributed by atoms with Gasteiger partial charge in [-0.2, -0.15) is 0 Å². The molecule has 0 heterocycles. The highest BCUT2D eigenvalue weighted by Crippen LogP contribution is 2.29. The number of aliphatic hydroxyl groups excluding tert-OH is 1. The van der Waals surface area contributed by atoms with Gasteiger partial charge in [-0.25, -0.2) is 13.1 Å². The summed E-state index contributed by atoms with van der Waals surface area (Å²) in [5.74, 6) is 0. The number of aliphatic hydroxyl groups is 1. The summed E-state index contributed by atoms with van der Waals surface area (Å²) in [5.41, 5.74) is 0. The van der Waals surface area contributed by atoms with Gasteiger partial charge in [0.1, 0.15) is 0 Å². The highest BCUT2D eigenvalue weighted by atomic mass is 32.2. The van der Waals surface area contributed by atoms with E-state index in [1.54, 1.807) is 0 Å². The largest absolute Gasteiger partial charge is 0.391 e. The Kier molecular flexibility index (Phi) is 1.89. The Hall–Kier alpha value is -0.130. The standard InChI is InChI=1S/C7H13NO3S/c9-7-4-3-6(7)8-12(10,11)5-1-2-5/h5-9H,1-4H2. The molecule has 0 amide bonds. The summed E-state index contributed by atoms with van der Waals surface area (Å²) in [6, 6.07) is -0.212. The highest BCUT2D eigenvalue weighted by molar-refractivity contribution is 7.90. The topological polar surface area (TPSA) is 66.4 Å². The van der Waals surface area contributed by atoms with Crippen LogP contribution >= 0.6 is 0 Å². The first-order chi connectivity index (χ1) is 5.59. The van der Waals surface area contributed by atoms with E-state index in [9.17, 15) is 8.42 Å². The molecular weight excluding hydrogens is 178 g/mol. The zero-order valence-corrected chi connectivity index (χ0v) is 7.55. The smallest absolute Gasteiger partial charge is 0.214 e. The Bertz CT molecular complexity index is 270. The van der Waals surface area contributed by atoms with Gasteiger partial charge in [0.2, 0.25) is 10.0 Å². The van der Waals surface area contributed by atoms with Crippen LogP contribution < -0.4 is 4.72 Å². The fourth-order valence-corrected chi connectivity index (χ4v) is 2.95. The van der Waals surface area contributed by atoms with Crippen LogP contribution in [-0.2, 0) is 10.0 Å². The number of hydrogen-bond acceptors (Lipinski definition) is 3. The fourth-order valence-electron chi connectivity index (χ4n) is 1.31. The van der Waals surface area contributed by atoms with Crippen LogP contribution in [0.1, 0.15) is 25.7 Å². The summed E-state index contributed by atoms with van der Waals surface area (Å²) < 4.78 is 25.2. The third-order valence-corrected chi connectivity index (χ3v) is 4.50. The molecule has 5 heteroatoms. The molecule has 0 aliphatic heterocycles. The van der Waals surface area contributed by atoms with E-state index in [1.807, 2.05) is 0 Å². The van der Waals surface area contributed by atoms with Gasteiger partial charge in [0.15, 0.2) is 0 Å². The maximum absolute atomic E-state index is 11.3. The normalized spacial score (nSPS) is 36.1. The second kappa shape index (κ2) is 2.68. The van der Waals surface area contributed by atoms with Crippen molar-refractivity contribution in [2.75, 3.05) is 0 Å². The molecule has 2 aliphatic carbocycles. The molecule has 2 rings (SSSR count). The molecule has 0 saturated heterocycles. The molecule has 0 spiro atoms. The van der Waals surface area contributed by atoms with Crippen molar-refractivity contribution in [3.8, 4) is 0 Å². The molecule has 4 nitrogen and oxygen atoms in total. The Balaban J connectivity index is 1.93. The predicted octanol–water partition coefficient (Wildman–Crippen LogP) is -0.409. The lowest BCUT2D eigenvalue weighted by atomic mass is 9.90. The van der Waals surface area contributed by atoms with Crippen LogP contribution in [0.5, 0.6) is 0 Å². The predicted molar refractivity (Wildman–Crippen MR) is 44.1 cm³/mol. The number of rotatable bonds is 3. The molecule has 0 radical (unpaired) electrons. The van der Waals surface area contributed by atoms with Crippen molar-refractivity contribution in [2.45, 2.75) is 43.1 Å². The van der Waals surface area contributed by atoms with Crippen LogP contribution in [0.3, 0.4) is 0 Å². The summed E-state index contributed by atoms with van der Waals surface area (Å²) in [6.07, 6.45) is 2.58. The van der Waals surface area contributed by atoms with Crippen molar-refractivity contribution in [1.29, 1.82) is 0 Å². The molecule has 2 unspecified atom stereocenters. The average molecular weight is 191 g/mol. The van der Waals surface area contributed by atoms with Gasteiger partial charge in [0.05, 0.1) is 11.4 Å². The number of nitrogens with one attached hydrogen (secondary N) is 1. The van der Waals surface area contributed by atoms with Crippen molar-refractivity contribution in [3.63, 3.8) is 0 Å². The Morgan fingerprint density at radius 2 is 1.83 bits per heavy atom. The molecule has 2 fully saturated rings. The highest BCUT2D eigenvalue weighted by Gasteiger charge is 2.40. The van der Waals surface area contributed by atoms with E-state index in [4.69, 9.17) is 5.11 Å². The lowest BCUT2D eigenvalue weighted by molar-refractivity contribution is 0.0612. The number of hydrogen-bond donors (Lipinski definition) is 2. The molecule has 0 aromatic carbocycles. The van der Waals surface area contributed by atoms with Gasteiger partial charge in [-0.15, -0.1) is 0 Å². The zero-order valence-electron chi connectivity index (χ0n) is 6.73. The summed E-state index contributed by atoms with van der Waals surface area (Å²) in [6.45, 7) is 0. The molecule has 2 N–H and O–H groups in total. The van der Waals surface area contributed by atoms with Crippen LogP contribution in [0.2, 0.25) is 0 Å². The van der Waals surface area contributed by atoms with Crippen molar-refractivity contribution >= 4 is 10.0 Å². The molecule has 12 heavy (non-hydrogen) atoms. The third kappa shape index (κ3) is 1.48. The minimum atomic E-state index is -3.09. The van der Waals surface area contributed by atoms with Crippen molar-refractivity contribution in [1.82, 2.24) is 4.72 Å². The van der Waals surface area contributed by atoms with E-state index in [2.05, 4.69) is 4.72 Å². The second-order valence-corrected chi connectivity index (χ2v) is 5.61. The van der Waals surface area contributed by atoms with E-state index in [0.717, 1.165) is 25.7 Å². The van der Waals surface area contributed by atoms with Crippen LogP contribution in [0.15, 0.2) is 0 Å². The van der Waals surface area contributed by atoms with E-state index in [0.29, 0.717) is 0 Å². The first-order valence-corrected chi connectivity index (χ1v) is 5.83. The first-order valence-electron chi connectivity index (χ1n) is 4.29. The molecule has 2 aliphatic rings. The summed E-state index contributed by atoms with van der Waals surface area (Å²) >= 11 is 0. The van der Waals surface area contributed by atoms with Crippen LogP contribution in [0, 0.1) is 0 Å². The molecule has 2 atom stereocenters. The second-order valence-electron chi connectivity index (χ2n) is 3.61. The van der Waals surface area contributed by atoms with Gasteiger partial charge in [0, 0.05) is 6.04 Å². The monoisotopic (exact) mass is 191 g/mol. The van der Waals surface area contributed by atoms with Crippen LogP contribution in [-0.4, -0.2) is 30.9 Å². The quantitative estimate of drug-likeness (QED) is 0.637. The molecule has 0 aromatic rings. The minimum absolute atomic E-state index is 0.176. The third-order valence-electron chi connectivity index (χ3n) is 2.52. The molecule has 0 bridgehead atoms. The van der Waals surface area contributed by atoms with E-state index in [1.165, 1.54) is 0 Å². The van der Waals surface area contributed by atoms with Gasteiger partial charge in [-0.05, 0) is 25.7 Å². The zero-order chi connectivity index (χ0) is 8.77. The molecular formula is C7H13NO3S.